The number of hydrogen-bond donors (Lipinski definition) is 0. The van der Waals surface area contributed by atoms with E-state index in [1.165, 1.54) is 15.9 Å². The van der Waals surface area contributed by atoms with Crippen LogP contribution in [0.4, 0.5) is 0 Å². The molecule has 0 radical (unpaired) electrons. The smallest absolute Gasteiger partial charge is 0.291 e. The van der Waals surface area contributed by atoms with E-state index in [0.29, 0.717) is 47.5 Å². The monoisotopic (exact) mass is 473 g/mol. The predicted molar refractivity (Wildman–Crippen MR) is 121 cm³/mol. The van der Waals surface area contributed by atoms with E-state index in [0.717, 1.165) is 5.56 Å². The molecule has 0 atom stereocenters. The van der Waals surface area contributed by atoms with E-state index < -0.39 is 0 Å². The third-order valence-corrected chi connectivity index (χ3v) is 6.12. The van der Waals surface area contributed by atoms with E-state index in [2.05, 4.69) is 10.1 Å². The summed E-state index contributed by atoms with van der Waals surface area (Å²) in [6, 6.07) is 15.9. The molecule has 0 N–H and O–H groups in total. The molecule has 0 aliphatic rings. The summed E-state index contributed by atoms with van der Waals surface area (Å²) in [7, 11) is 0. The van der Waals surface area contributed by atoms with Crippen molar-refractivity contribution in [3.8, 4) is 22.7 Å². The average molecular weight is 475 g/mol. The number of rotatable bonds is 3. The average Bonchev–Trinajstić information content (AvgIpc) is 3.42. The molecule has 9 heteroatoms. The first-order chi connectivity index (χ1) is 14.5. The van der Waals surface area contributed by atoms with Crippen molar-refractivity contribution in [3.63, 3.8) is 0 Å². The van der Waals surface area contributed by atoms with Crippen LogP contribution in [0, 0.1) is 0 Å². The number of halogens is 3. The van der Waals surface area contributed by atoms with E-state index in [-0.39, 0.29) is 5.56 Å². The van der Waals surface area contributed by atoms with Gasteiger partial charge in [0.05, 0.1) is 5.02 Å². The minimum atomic E-state index is -0.269. The van der Waals surface area contributed by atoms with Crippen LogP contribution in [-0.4, -0.2) is 14.6 Å². The van der Waals surface area contributed by atoms with Gasteiger partial charge in [-0.05, 0) is 42.5 Å². The molecule has 0 unspecified atom stereocenters. The van der Waals surface area contributed by atoms with Crippen LogP contribution in [0.1, 0.15) is 5.76 Å². The van der Waals surface area contributed by atoms with Crippen LogP contribution in [-0.2, 0) is 0 Å². The zero-order valence-electron chi connectivity index (χ0n) is 15.0. The van der Waals surface area contributed by atoms with Crippen molar-refractivity contribution >= 4 is 57.2 Å². The zero-order chi connectivity index (χ0) is 20.8. The fraction of sp³-hybridized carbons (Fsp3) is 0. The van der Waals surface area contributed by atoms with E-state index >= 15 is 0 Å². The minimum Gasteiger partial charge on any atom is -0.457 e. The van der Waals surface area contributed by atoms with Gasteiger partial charge in [-0.15, -0.1) is 5.10 Å². The van der Waals surface area contributed by atoms with Crippen molar-refractivity contribution < 1.29 is 4.42 Å². The summed E-state index contributed by atoms with van der Waals surface area (Å²) in [5.74, 6) is 1.52. The lowest BCUT2D eigenvalue weighted by Gasteiger charge is -2.00. The van der Waals surface area contributed by atoms with Gasteiger partial charge >= 0.3 is 0 Å². The summed E-state index contributed by atoms with van der Waals surface area (Å²) in [6.45, 7) is 0. The number of fused-ring (bicyclic) bond motifs is 1. The normalized spacial score (nSPS) is 12.2. The first kappa shape index (κ1) is 19.3. The molecule has 5 aromatic rings. The Kier molecular flexibility index (Phi) is 4.87. The van der Waals surface area contributed by atoms with Crippen LogP contribution in [0.3, 0.4) is 0 Å². The molecule has 148 valence electrons. The first-order valence-corrected chi connectivity index (χ1v) is 10.7. The first-order valence-electron chi connectivity index (χ1n) is 8.70. The Morgan fingerprint density at radius 3 is 2.63 bits per heavy atom. The molecule has 0 spiro atoms. The van der Waals surface area contributed by atoms with E-state index in [1.54, 1.807) is 48.5 Å². The van der Waals surface area contributed by atoms with E-state index in [1.807, 2.05) is 12.1 Å². The van der Waals surface area contributed by atoms with Crippen molar-refractivity contribution in [3.05, 3.63) is 90.3 Å². The number of thiazole rings is 1. The molecule has 2 aromatic carbocycles. The summed E-state index contributed by atoms with van der Waals surface area (Å²) in [6.07, 6.45) is 1.66. The maximum Gasteiger partial charge on any atom is 0.291 e. The summed E-state index contributed by atoms with van der Waals surface area (Å²) < 4.78 is 7.59. The van der Waals surface area contributed by atoms with Crippen molar-refractivity contribution in [2.75, 3.05) is 0 Å². The van der Waals surface area contributed by atoms with Crippen LogP contribution in [0.25, 0.3) is 33.7 Å². The summed E-state index contributed by atoms with van der Waals surface area (Å²) in [5.41, 5.74) is 1.16. The van der Waals surface area contributed by atoms with Crippen LogP contribution >= 0.6 is 46.1 Å². The molecule has 3 heterocycles. The van der Waals surface area contributed by atoms with Gasteiger partial charge < -0.3 is 4.42 Å². The lowest BCUT2D eigenvalue weighted by molar-refractivity contribution is 0.571. The van der Waals surface area contributed by atoms with Gasteiger partial charge in [-0.1, -0.05) is 58.3 Å². The summed E-state index contributed by atoms with van der Waals surface area (Å²) in [5, 5.41) is 5.98. The fourth-order valence-corrected chi connectivity index (χ4v) is 4.44. The second-order valence-corrected chi connectivity index (χ2v) is 8.67. The highest BCUT2D eigenvalue weighted by Crippen LogP contribution is 2.32. The molecule has 0 aliphatic heterocycles. The van der Waals surface area contributed by atoms with Gasteiger partial charge in [0.25, 0.3) is 5.56 Å². The quantitative estimate of drug-likeness (QED) is 0.342. The fourth-order valence-electron chi connectivity index (χ4n) is 2.97. The van der Waals surface area contributed by atoms with Crippen molar-refractivity contribution in [1.29, 1.82) is 0 Å². The Labute approximate surface area is 188 Å². The van der Waals surface area contributed by atoms with Crippen molar-refractivity contribution in [2.45, 2.75) is 0 Å². The number of hydrogen-bond acceptors (Lipinski definition) is 5. The topological polar surface area (TPSA) is 60.4 Å². The van der Waals surface area contributed by atoms with Crippen molar-refractivity contribution in [1.82, 2.24) is 14.6 Å². The molecule has 3 aromatic heterocycles. The Bertz CT molecular complexity index is 1520. The van der Waals surface area contributed by atoms with Gasteiger partial charge in [0.15, 0.2) is 5.82 Å². The SMILES string of the molecule is O=c1c(=Cc2ccc(-c3cc(Cl)ccc3Cl)o2)sc2nc(-c3cccc(Cl)c3)nn12. The van der Waals surface area contributed by atoms with Gasteiger partial charge in [0.1, 0.15) is 16.1 Å². The molecule has 0 bridgehead atoms. The van der Waals surface area contributed by atoms with Gasteiger partial charge in [-0.25, -0.2) is 0 Å². The third-order valence-electron chi connectivity index (χ3n) is 4.36. The Morgan fingerprint density at radius 1 is 1.00 bits per heavy atom. The van der Waals surface area contributed by atoms with Crippen LogP contribution in [0.2, 0.25) is 15.1 Å². The maximum atomic E-state index is 12.8. The molecule has 0 saturated carbocycles. The van der Waals surface area contributed by atoms with E-state index in [9.17, 15) is 4.79 Å². The van der Waals surface area contributed by atoms with Crippen LogP contribution in [0.5, 0.6) is 0 Å². The molecular weight excluding hydrogens is 465 g/mol. The minimum absolute atomic E-state index is 0.269. The molecule has 0 aliphatic carbocycles. The summed E-state index contributed by atoms with van der Waals surface area (Å²) >= 11 is 19.5. The molecule has 5 rings (SSSR count). The van der Waals surface area contributed by atoms with Crippen LogP contribution < -0.4 is 10.1 Å². The number of aromatic nitrogens is 3. The Balaban J connectivity index is 1.53. The highest BCUT2D eigenvalue weighted by Gasteiger charge is 2.13. The lowest BCUT2D eigenvalue weighted by Crippen LogP contribution is -2.23. The zero-order valence-corrected chi connectivity index (χ0v) is 18.1. The molecule has 30 heavy (non-hydrogen) atoms. The van der Waals surface area contributed by atoms with Gasteiger partial charge in [-0.3, -0.25) is 4.79 Å². The molecule has 0 saturated heterocycles. The second-order valence-electron chi connectivity index (χ2n) is 6.38. The Morgan fingerprint density at radius 2 is 1.83 bits per heavy atom. The van der Waals surface area contributed by atoms with Gasteiger partial charge in [-0.2, -0.15) is 9.50 Å². The van der Waals surface area contributed by atoms with Gasteiger partial charge in [0.2, 0.25) is 4.96 Å². The summed E-state index contributed by atoms with van der Waals surface area (Å²) in [4.78, 5) is 17.7. The van der Waals surface area contributed by atoms with Crippen molar-refractivity contribution in [2.24, 2.45) is 0 Å². The van der Waals surface area contributed by atoms with Gasteiger partial charge in [0, 0.05) is 27.2 Å². The maximum absolute atomic E-state index is 12.8. The van der Waals surface area contributed by atoms with E-state index in [4.69, 9.17) is 39.2 Å². The number of furan rings is 1. The molecule has 0 amide bonds. The predicted octanol–water partition coefficient (Wildman–Crippen LogP) is 5.59. The Hall–Kier alpha value is -2.64. The van der Waals surface area contributed by atoms with Crippen LogP contribution in [0.15, 0.2) is 63.8 Å². The third kappa shape index (κ3) is 3.52. The largest absolute Gasteiger partial charge is 0.457 e. The number of nitrogens with zero attached hydrogens (tertiary/aromatic N) is 3. The molecule has 5 nitrogen and oxygen atoms in total. The molecule has 0 fully saturated rings. The standard InChI is InChI=1S/C21H10Cl3N3O2S/c22-12-3-1-2-11(8-12)19-25-21-27(26-19)20(28)18(30-21)10-14-5-7-17(29-14)15-9-13(23)4-6-16(15)24/h1-10H. The highest BCUT2D eigenvalue weighted by molar-refractivity contribution is 7.15. The lowest BCUT2D eigenvalue weighted by atomic mass is 10.2. The highest BCUT2D eigenvalue weighted by atomic mass is 35.5. The molecular formula is C21H10Cl3N3O2S. The second kappa shape index (κ2) is 7.56. The number of benzene rings is 2.